The van der Waals surface area contributed by atoms with Gasteiger partial charge in [0.15, 0.2) is 23.5 Å². The zero-order chi connectivity index (χ0) is 39.8. The van der Waals surface area contributed by atoms with Crippen molar-refractivity contribution in [3.8, 4) is 28.7 Å². The highest BCUT2D eigenvalue weighted by molar-refractivity contribution is 6.03. The molecule has 54 heavy (non-hydrogen) atoms. The molecule has 0 saturated heterocycles. The molecule has 2 aromatic rings. The average molecular weight is 753 g/mol. The number of aliphatic carboxylic acids is 2. The van der Waals surface area contributed by atoms with Gasteiger partial charge in [0.25, 0.3) is 0 Å². The van der Waals surface area contributed by atoms with E-state index in [-0.39, 0.29) is 28.7 Å². The highest BCUT2D eigenvalue weighted by Crippen LogP contribution is 2.50. The maximum Gasteiger partial charge on any atom is 0.347 e. The number of fused-ring (bicyclic) bond motifs is 2. The largest absolute Gasteiger partial charge is 0.507 e. The van der Waals surface area contributed by atoms with Crippen molar-refractivity contribution in [3.05, 3.63) is 63.8 Å². The van der Waals surface area contributed by atoms with Crippen LogP contribution in [0.4, 0.5) is 0 Å². The molecule has 0 aromatic heterocycles. The van der Waals surface area contributed by atoms with Crippen LogP contribution >= 0.6 is 0 Å². The van der Waals surface area contributed by atoms with E-state index in [1.54, 1.807) is 0 Å². The van der Waals surface area contributed by atoms with Crippen LogP contribution in [0.25, 0.3) is 0 Å². The van der Waals surface area contributed by atoms with Crippen LogP contribution in [0.5, 0.6) is 28.7 Å². The first-order valence-electron chi connectivity index (χ1n) is 18.1. The second-order valence-electron chi connectivity index (χ2n) is 13.2. The SMILES string of the molecule is Cc1cc(O)c(C=O)c2c1C(=O)Oc1c(COC(=O)C=CC(=O)O)c(O)c(C(=O)O)c(C)c1O2.O=C(O)CCCCCCCCCCCCC1C=CCC1. The number of hydrogen-bond acceptors (Lipinski definition) is 11. The van der Waals surface area contributed by atoms with E-state index < -0.39 is 76.1 Å². The molecule has 0 spiro atoms. The van der Waals surface area contributed by atoms with E-state index >= 15 is 0 Å². The van der Waals surface area contributed by atoms with Crippen LogP contribution in [0, 0.1) is 19.8 Å². The lowest BCUT2D eigenvalue weighted by molar-refractivity contribution is -0.140. The molecule has 1 aliphatic carbocycles. The predicted molar refractivity (Wildman–Crippen MR) is 195 cm³/mol. The van der Waals surface area contributed by atoms with Crippen molar-refractivity contribution in [1.29, 1.82) is 0 Å². The summed E-state index contributed by atoms with van der Waals surface area (Å²) in [4.78, 5) is 69.0. The molecule has 5 N–H and O–H groups in total. The number of unbranched alkanes of at least 4 members (excludes halogenated alkanes) is 9. The fourth-order valence-electron chi connectivity index (χ4n) is 6.35. The highest BCUT2D eigenvalue weighted by atomic mass is 16.6. The van der Waals surface area contributed by atoms with Crippen molar-refractivity contribution in [2.45, 2.75) is 110 Å². The molecule has 4 rings (SSSR count). The number of phenolic OH excluding ortho intramolecular Hbond substituents is 1. The van der Waals surface area contributed by atoms with Crippen LogP contribution in [0.2, 0.25) is 0 Å². The second-order valence-corrected chi connectivity index (χ2v) is 13.2. The van der Waals surface area contributed by atoms with Gasteiger partial charge in [0.2, 0.25) is 0 Å². The summed E-state index contributed by atoms with van der Waals surface area (Å²) in [5.41, 5.74) is -1.80. The molecule has 0 radical (unpaired) electrons. The molecular formula is C40H48O14. The standard InChI is InChI=1S/C22H16O12.C18H32O2/c1-8-5-12(24)10(6-23)19-15(8)22(31)34-20-11(7-32-14(27)4-3-13(25)26)17(28)16(21(29)30)9(2)18(20)33-19;19-18(20)16-10-8-6-4-2-1-3-5-7-9-13-17-14-11-12-15-17/h3-6,24,28H,7H2,1-2H3,(H,25,26)(H,29,30);11,14,17H,1-10,12-13,15-16H2,(H,19,20). The van der Waals surface area contributed by atoms with Crippen molar-refractivity contribution < 1.29 is 68.5 Å². The zero-order valence-electron chi connectivity index (χ0n) is 30.6. The molecule has 14 nitrogen and oxygen atoms in total. The Morgan fingerprint density at radius 1 is 0.852 bits per heavy atom. The Labute approximate surface area is 313 Å². The lowest BCUT2D eigenvalue weighted by atomic mass is 9.99. The van der Waals surface area contributed by atoms with Gasteiger partial charge in [-0.3, -0.25) is 9.59 Å². The van der Waals surface area contributed by atoms with Gasteiger partial charge < -0.3 is 39.7 Å². The van der Waals surface area contributed by atoms with Gasteiger partial charge in [-0.05, 0) is 57.1 Å². The molecule has 0 saturated carbocycles. The number of allylic oxidation sites excluding steroid dienone is 2. The molecule has 1 unspecified atom stereocenters. The lowest BCUT2D eigenvalue weighted by Gasteiger charge is -2.18. The van der Waals surface area contributed by atoms with Crippen molar-refractivity contribution >= 4 is 36.1 Å². The number of carboxylic acids is 3. The van der Waals surface area contributed by atoms with Crippen LogP contribution in [0.1, 0.15) is 138 Å². The number of benzene rings is 2. The summed E-state index contributed by atoms with van der Waals surface area (Å²) in [6.45, 7) is 1.83. The van der Waals surface area contributed by atoms with Crippen molar-refractivity contribution in [3.63, 3.8) is 0 Å². The quantitative estimate of drug-likeness (QED) is 0.0229. The van der Waals surface area contributed by atoms with Gasteiger partial charge in [0.1, 0.15) is 29.2 Å². The summed E-state index contributed by atoms with van der Waals surface area (Å²) >= 11 is 0. The summed E-state index contributed by atoms with van der Waals surface area (Å²) in [6.07, 6.45) is 23.2. The van der Waals surface area contributed by atoms with Crippen LogP contribution in [-0.2, 0) is 25.7 Å². The molecule has 1 aliphatic heterocycles. The maximum atomic E-state index is 12.9. The molecular weight excluding hydrogens is 704 g/mol. The van der Waals surface area contributed by atoms with Gasteiger partial charge in [0.05, 0.1) is 11.1 Å². The number of aldehydes is 1. The number of phenols is 2. The maximum absolute atomic E-state index is 12.9. The van der Waals surface area contributed by atoms with E-state index in [0.717, 1.165) is 24.8 Å². The minimum Gasteiger partial charge on any atom is -0.507 e. The van der Waals surface area contributed by atoms with E-state index in [9.17, 15) is 44.1 Å². The number of carboxylic acid groups (broad SMARTS) is 3. The van der Waals surface area contributed by atoms with Gasteiger partial charge in [0, 0.05) is 24.1 Å². The third-order valence-corrected chi connectivity index (χ3v) is 9.20. The smallest absolute Gasteiger partial charge is 0.347 e. The number of carbonyl (C=O) groups excluding carboxylic acids is 3. The summed E-state index contributed by atoms with van der Waals surface area (Å²) in [7, 11) is 0. The normalized spacial score (nSPS) is 14.2. The Bertz CT molecular complexity index is 1770. The Balaban J connectivity index is 0.000000334. The lowest BCUT2D eigenvalue weighted by Crippen LogP contribution is -2.13. The Morgan fingerprint density at radius 3 is 2.04 bits per heavy atom. The van der Waals surface area contributed by atoms with Crippen molar-refractivity contribution in [2.75, 3.05) is 0 Å². The average Bonchev–Trinajstić information content (AvgIpc) is 3.57. The minimum absolute atomic E-state index is 0.169. The van der Waals surface area contributed by atoms with Gasteiger partial charge in [-0.2, -0.15) is 0 Å². The molecule has 1 heterocycles. The third kappa shape index (κ3) is 12.2. The minimum atomic E-state index is -1.60. The Kier molecular flexibility index (Phi) is 16.7. The van der Waals surface area contributed by atoms with Crippen molar-refractivity contribution in [1.82, 2.24) is 0 Å². The van der Waals surface area contributed by atoms with Crippen LogP contribution in [0.15, 0.2) is 30.4 Å². The number of aryl methyl sites for hydroxylation is 1. The number of carbonyl (C=O) groups is 6. The fraction of sp³-hybridized carbons (Fsp3) is 0.450. The summed E-state index contributed by atoms with van der Waals surface area (Å²) in [5, 5.41) is 47.4. The zero-order valence-corrected chi connectivity index (χ0v) is 30.6. The number of ether oxygens (including phenoxy) is 3. The van der Waals surface area contributed by atoms with Gasteiger partial charge in [-0.15, -0.1) is 0 Å². The first-order valence-corrected chi connectivity index (χ1v) is 18.1. The van der Waals surface area contributed by atoms with Gasteiger partial charge in [-0.25, -0.2) is 19.2 Å². The Morgan fingerprint density at radius 2 is 1.48 bits per heavy atom. The molecule has 0 bridgehead atoms. The molecule has 0 amide bonds. The van der Waals surface area contributed by atoms with Crippen LogP contribution in [0.3, 0.4) is 0 Å². The monoisotopic (exact) mass is 752 g/mol. The summed E-state index contributed by atoms with van der Waals surface area (Å²) in [6, 6.07) is 1.13. The first-order chi connectivity index (χ1) is 25.8. The second kappa shape index (κ2) is 21.1. The number of aromatic carboxylic acids is 1. The molecule has 1 atom stereocenters. The highest BCUT2D eigenvalue weighted by Gasteiger charge is 2.36. The number of hydrogen-bond donors (Lipinski definition) is 5. The van der Waals surface area contributed by atoms with Crippen molar-refractivity contribution in [2.24, 2.45) is 5.92 Å². The molecule has 2 aromatic carbocycles. The van der Waals surface area contributed by atoms with Gasteiger partial charge >= 0.3 is 29.8 Å². The summed E-state index contributed by atoms with van der Waals surface area (Å²) in [5.74, 6) is -7.68. The first kappa shape index (κ1) is 42.8. The third-order valence-electron chi connectivity index (χ3n) is 9.20. The number of esters is 2. The van der Waals surface area contributed by atoms with E-state index in [1.807, 2.05) is 0 Å². The molecule has 2 aliphatic rings. The van der Waals surface area contributed by atoms with E-state index in [4.69, 9.17) is 24.4 Å². The Hall–Kier alpha value is -5.66. The fourth-order valence-corrected chi connectivity index (χ4v) is 6.35. The van der Waals surface area contributed by atoms with Crippen LogP contribution < -0.4 is 9.47 Å². The predicted octanol–water partition coefficient (Wildman–Crippen LogP) is 7.95. The van der Waals surface area contributed by atoms with Crippen LogP contribution in [-0.4, -0.2) is 61.7 Å². The van der Waals surface area contributed by atoms with E-state index in [2.05, 4.69) is 12.2 Å². The number of aromatic hydroxyl groups is 2. The number of rotatable bonds is 19. The molecule has 0 fully saturated rings. The molecule has 14 heteroatoms. The molecule has 292 valence electrons. The van der Waals surface area contributed by atoms with E-state index in [0.29, 0.717) is 18.6 Å². The van der Waals surface area contributed by atoms with Gasteiger partial charge in [-0.1, -0.05) is 69.9 Å². The topological polar surface area (TPSA) is 231 Å². The summed E-state index contributed by atoms with van der Waals surface area (Å²) < 4.78 is 15.9. The van der Waals surface area contributed by atoms with E-state index in [1.165, 1.54) is 84.5 Å².